The zero-order valence-electron chi connectivity index (χ0n) is 8.78. The Labute approximate surface area is 89.9 Å². The van der Waals surface area contributed by atoms with E-state index in [1.165, 1.54) is 0 Å². The fourth-order valence-corrected chi connectivity index (χ4v) is 2.37. The summed E-state index contributed by atoms with van der Waals surface area (Å²) in [6.45, 7) is 0. The van der Waals surface area contributed by atoms with Crippen LogP contribution in [0.5, 0.6) is 0 Å². The van der Waals surface area contributed by atoms with Gasteiger partial charge in [0.15, 0.2) is 0 Å². The van der Waals surface area contributed by atoms with Gasteiger partial charge in [0.05, 0.1) is 5.60 Å². The van der Waals surface area contributed by atoms with Crippen molar-refractivity contribution >= 4 is 6.29 Å². The maximum Gasteiger partial charge on any atom is 0.150 e. The molecule has 2 heteroatoms. The molecule has 2 nitrogen and oxygen atoms in total. The molecule has 1 aliphatic rings. The molecule has 0 saturated heterocycles. The SMILES string of the molecule is O=Cc1cccc(CC2(O)CCCC2)c1. The maximum absolute atomic E-state index is 10.6. The molecule has 0 heterocycles. The summed E-state index contributed by atoms with van der Waals surface area (Å²) in [6.07, 6.45) is 5.53. The number of carbonyl (C=O) groups excluding carboxylic acids is 1. The highest BCUT2D eigenvalue weighted by Crippen LogP contribution is 2.32. The zero-order valence-corrected chi connectivity index (χ0v) is 8.78. The number of carbonyl (C=O) groups is 1. The Bertz CT molecular complexity index is 351. The third-order valence-electron chi connectivity index (χ3n) is 3.15. The Morgan fingerprint density at radius 1 is 1.33 bits per heavy atom. The first kappa shape index (κ1) is 10.4. The zero-order chi connectivity index (χ0) is 10.7. The molecule has 80 valence electrons. The van der Waals surface area contributed by atoms with Crippen LogP contribution >= 0.6 is 0 Å². The van der Waals surface area contributed by atoms with Gasteiger partial charge >= 0.3 is 0 Å². The lowest BCUT2D eigenvalue weighted by Gasteiger charge is -2.22. The van der Waals surface area contributed by atoms with Crippen LogP contribution < -0.4 is 0 Å². The second-order valence-electron chi connectivity index (χ2n) is 4.47. The van der Waals surface area contributed by atoms with Crippen molar-refractivity contribution in [2.45, 2.75) is 37.7 Å². The van der Waals surface area contributed by atoms with Gasteiger partial charge in [-0.15, -0.1) is 0 Å². The highest BCUT2D eigenvalue weighted by molar-refractivity contribution is 5.74. The molecule has 0 amide bonds. The minimum Gasteiger partial charge on any atom is -0.390 e. The molecular formula is C13H16O2. The van der Waals surface area contributed by atoms with Crippen LogP contribution in [0.3, 0.4) is 0 Å². The molecule has 0 unspecified atom stereocenters. The second-order valence-corrected chi connectivity index (χ2v) is 4.47. The lowest BCUT2D eigenvalue weighted by atomic mass is 9.92. The Morgan fingerprint density at radius 2 is 2.07 bits per heavy atom. The van der Waals surface area contributed by atoms with Crippen LogP contribution in [-0.4, -0.2) is 17.0 Å². The minimum atomic E-state index is -0.526. The van der Waals surface area contributed by atoms with Crippen molar-refractivity contribution < 1.29 is 9.90 Å². The van der Waals surface area contributed by atoms with Crippen LogP contribution in [0.2, 0.25) is 0 Å². The van der Waals surface area contributed by atoms with Gasteiger partial charge in [-0.3, -0.25) is 4.79 Å². The van der Waals surface area contributed by atoms with E-state index in [0.29, 0.717) is 12.0 Å². The summed E-state index contributed by atoms with van der Waals surface area (Å²) in [7, 11) is 0. The van der Waals surface area contributed by atoms with Gasteiger partial charge in [-0.2, -0.15) is 0 Å². The fourth-order valence-electron chi connectivity index (χ4n) is 2.37. The Hall–Kier alpha value is -1.15. The topological polar surface area (TPSA) is 37.3 Å². The van der Waals surface area contributed by atoms with Crippen LogP contribution in [-0.2, 0) is 6.42 Å². The fraction of sp³-hybridized carbons (Fsp3) is 0.462. The van der Waals surface area contributed by atoms with E-state index in [1.54, 1.807) is 6.07 Å². The molecule has 0 radical (unpaired) electrons. The van der Waals surface area contributed by atoms with Crippen LogP contribution in [0.15, 0.2) is 24.3 Å². The molecule has 1 aliphatic carbocycles. The largest absolute Gasteiger partial charge is 0.390 e. The Morgan fingerprint density at radius 3 is 2.73 bits per heavy atom. The van der Waals surface area contributed by atoms with Crippen molar-refractivity contribution in [2.24, 2.45) is 0 Å². The molecule has 0 bridgehead atoms. The molecule has 0 atom stereocenters. The van der Waals surface area contributed by atoms with E-state index in [4.69, 9.17) is 0 Å². The third-order valence-corrected chi connectivity index (χ3v) is 3.15. The van der Waals surface area contributed by atoms with Crippen LogP contribution in [0.4, 0.5) is 0 Å². The summed E-state index contributed by atoms with van der Waals surface area (Å²) in [5.41, 5.74) is 1.22. The van der Waals surface area contributed by atoms with Gasteiger partial charge in [0.25, 0.3) is 0 Å². The van der Waals surface area contributed by atoms with E-state index in [1.807, 2.05) is 18.2 Å². The van der Waals surface area contributed by atoms with E-state index in [2.05, 4.69) is 0 Å². The molecule has 1 N–H and O–H groups in total. The predicted molar refractivity (Wildman–Crippen MR) is 59.0 cm³/mol. The minimum absolute atomic E-state index is 0.526. The summed E-state index contributed by atoms with van der Waals surface area (Å²) in [5, 5.41) is 10.2. The lowest BCUT2D eigenvalue weighted by Crippen LogP contribution is -2.26. The highest BCUT2D eigenvalue weighted by atomic mass is 16.3. The molecule has 1 aromatic rings. The van der Waals surface area contributed by atoms with Crippen molar-refractivity contribution in [3.8, 4) is 0 Å². The molecule has 2 rings (SSSR count). The molecule has 0 aromatic heterocycles. The molecular weight excluding hydrogens is 188 g/mol. The summed E-state index contributed by atoms with van der Waals surface area (Å²) in [4.78, 5) is 10.6. The number of aliphatic hydroxyl groups is 1. The molecule has 1 fully saturated rings. The molecule has 0 spiro atoms. The van der Waals surface area contributed by atoms with Crippen LogP contribution in [0.25, 0.3) is 0 Å². The summed E-state index contributed by atoms with van der Waals surface area (Å²) in [6, 6.07) is 7.50. The monoisotopic (exact) mass is 204 g/mol. The molecule has 1 saturated carbocycles. The average Bonchev–Trinajstić information content (AvgIpc) is 2.65. The Balaban J connectivity index is 2.12. The summed E-state index contributed by atoms with van der Waals surface area (Å²) in [5.74, 6) is 0. The number of hydrogen-bond acceptors (Lipinski definition) is 2. The number of benzene rings is 1. The van der Waals surface area contributed by atoms with Gasteiger partial charge in [0.2, 0.25) is 0 Å². The highest BCUT2D eigenvalue weighted by Gasteiger charge is 2.30. The van der Waals surface area contributed by atoms with Crippen LogP contribution in [0, 0.1) is 0 Å². The first-order valence-corrected chi connectivity index (χ1v) is 5.48. The quantitative estimate of drug-likeness (QED) is 0.767. The molecule has 1 aromatic carbocycles. The van der Waals surface area contributed by atoms with Gasteiger partial charge in [-0.05, 0) is 24.5 Å². The van der Waals surface area contributed by atoms with Gasteiger partial charge in [-0.25, -0.2) is 0 Å². The average molecular weight is 204 g/mol. The van der Waals surface area contributed by atoms with Gasteiger partial charge < -0.3 is 5.11 Å². The molecule has 0 aliphatic heterocycles. The van der Waals surface area contributed by atoms with Crippen molar-refractivity contribution in [1.29, 1.82) is 0 Å². The van der Waals surface area contributed by atoms with E-state index < -0.39 is 5.60 Å². The maximum atomic E-state index is 10.6. The first-order valence-electron chi connectivity index (χ1n) is 5.48. The van der Waals surface area contributed by atoms with E-state index >= 15 is 0 Å². The van der Waals surface area contributed by atoms with Crippen molar-refractivity contribution in [3.63, 3.8) is 0 Å². The van der Waals surface area contributed by atoms with Gasteiger partial charge in [0.1, 0.15) is 6.29 Å². The smallest absolute Gasteiger partial charge is 0.150 e. The Kier molecular flexibility index (Phi) is 2.87. The molecule has 15 heavy (non-hydrogen) atoms. The first-order chi connectivity index (χ1) is 7.22. The normalized spacial score (nSPS) is 19.0. The summed E-state index contributed by atoms with van der Waals surface area (Å²) >= 11 is 0. The van der Waals surface area contributed by atoms with Crippen molar-refractivity contribution in [3.05, 3.63) is 35.4 Å². The standard InChI is InChI=1S/C13H16O2/c14-10-12-5-3-4-11(8-12)9-13(15)6-1-2-7-13/h3-5,8,10,15H,1-2,6-7,9H2. The van der Waals surface area contributed by atoms with E-state index in [9.17, 15) is 9.90 Å². The summed E-state index contributed by atoms with van der Waals surface area (Å²) < 4.78 is 0. The van der Waals surface area contributed by atoms with Gasteiger partial charge in [0, 0.05) is 12.0 Å². The van der Waals surface area contributed by atoms with Crippen molar-refractivity contribution in [1.82, 2.24) is 0 Å². The number of rotatable bonds is 3. The van der Waals surface area contributed by atoms with E-state index in [-0.39, 0.29) is 0 Å². The predicted octanol–water partition coefficient (Wildman–Crippen LogP) is 2.35. The van der Waals surface area contributed by atoms with Gasteiger partial charge in [-0.1, -0.05) is 31.0 Å². The third kappa shape index (κ3) is 2.45. The van der Waals surface area contributed by atoms with Crippen LogP contribution in [0.1, 0.15) is 41.6 Å². The number of hydrogen-bond donors (Lipinski definition) is 1. The van der Waals surface area contributed by atoms with E-state index in [0.717, 1.165) is 37.5 Å². The van der Waals surface area contributed by atoms with Crippen molar-refractivity contribution in [2.75, 3.05) is 0 Å². The second kappa shape index (κ2) is 4.15. The number of aldehydes is 1. The lowest BCUT2D eigenvalue weighted by molar-refractivity contribution is 0.0481.